The van der Waals surface area contributed by atoms with Crippen molar-refractivity contribution in [1.82, 2.24) is 4.98 Å². The van der Waals surface area contributed by atoms with E-state index in [1.807, 2.05) is 0 Å². The van der Waals surface area contributed by atoms with Crippen LogP contribution in [0, 0.1) is 0 Å². The number of rotatable bonds is 7. The van der Waals surface area contributed by atoms with Gasteiger partial charge in [0.15, 0.2) is 5.13 Å². The molecule has 1 aromatic heterocycles. The molecule has 0 aliphatic heterocycles. The van der Waals surface area contributed by atoms with Crippen molar-refractivity contribution in [3.8, 4) is 0 Å². The Kier molecular flexibility index (Phi) is 6.59. The first kappa shape index (κ1) is 19.3. The van der Waals surface area contributed by atoms with Crippen LogP contribution in [0.2, 0.25) is 0 Å². The largest absolute Gasteiger partial charge is 0.464 e. The normalized spacial score (nSPS) is 11.4. The summed E-state index contributed by atoms with van der Waals surface area (Å²) >= 11 is 1.07. The third-order valence-corrected chi connectivity index (χ3v) is 2.96. The molecule has 130 valence electrons. The number of anilines is 1. The van der Waals surface area contributed by atoms with Crippen LogP contribution in [0.1, 0.15) is 26.5 Å². The molecule has 1 aromatic rings. The number of thiazole rings is 1. The highest BCUT2D eigenvalue weighted by Crippen LogP contribution is 2.17. The van der Waals surface area contributed by atoms with Gasteiger partial charge >= 0.3 is 11.9 Å². The van der Waals surface area contributed by atoms with E-state index in [9.17, 15) is 14.4 Å². The van der Waals surface area contributed by atoms with Gasteiger partial charge in [0.2, 0.25) is 17.9 Å². The Labute approximate surface area is 142 Å². The van der Waals surface area contributed by atoms with Gasteiger partial charge in [-0.3, -0.25) is 4.79 Å². The number of methoxy groups -OCH3 is 1. The van der Waals surface area contributed by atoms with Gasteiger partial charge in [-0.05, 0) is 27.4 Å². The molecule has 0 spiro atoms. The summed E-state index contributed by atoms with van der Waals surface area (Å²) in [6.07, 6.45) is 0.443. The molecule has 1 N–H and O–H groups in total. The zero-order chi connectivity index (χ0) is 18.3. The quantitative estimate of drug-likeness (QED) is 0.196. The third-order valence-electron chi connectivity index (χ3n) is 2.18. The van der Waals surface area contributed by atoms with Crippen LogP contribution in [0.3, 0.4) is 0 Å². The number of aromatic nitrogens is 1. The summed E-state index contributed by atoms with van der Waals surface area (Å²) in [5, 5.41) is 7.61. The lowest BCUT2D eigenvalue weighted by atomic mass is 10.2. The first-order chi connectivity index (χ1) is 11.2. The Balaban J connectivity index is 2.93. The highest BCUT2D eigenvalue weighted by atomic mass is 32.1. The zero-order valence-corrected chi connectivity index (χ0v) is 14.4. The molecule has 1 rings (SSSR count). The van der Waals surface area contributed by atoms with E-state index in [-0.39, 0.29) is 16.5 Å². The fourth-order valence-electron chi connectivity index (χ4n) is 1.26. The number of hydrogen-bond acceptors (Lipinski definition) is 9. The predicted octanol–water partition coefficient (Wildman–Crippen LogP) is 1.46. The maximum atomic E-state index is 11.8. The molecule has 0 saturated heterocycles. The molecule has 0 unspecified atom stereocenters. The summed E-state index contributed by atoms with van der Waals surface area (Å²) in [5.41, 5.74) is -0.923. The highest BCUT2D eigenvalue weighted by Gasteiger charge is 2.23. The molecule has 0 saturated carbocycles. The van der Waals surface area contributed by atoms with E-state index in [0.29, 0.717) is 6.41 Å². The minimum atomic E-state index is -0.838. The van der Waals surface area contributed by atoms with E-state index in [4.69, 9.17) is 9.57 Å². The number of nitrogens with zero attached hydrogens (tertiary/aromatic N) is 2. The van der Waals surface area contributed by atoms with Crippen molar-refractivity contribution < 1.29 is 28.7 Å². The maximum absolute atomic E-state index is 11.8. The van der Waals surface area contributed by atoms with Gasteiger partial charge in [0.05, 0.1) is 7.11 Å². The van der Waals surface area contributed by atoms with Crippen molar-refractivity contribution in [1.29, 1.82) is 0 Å². The Morgan fingerprint density at radius 2 is 2.04 bits per heavy atom. The van der Waals surface area contributed by atoms with Gasteiger partial charge in [0.25, 0.3) is 0 Å². The summed E-state index contributed by atoms with van der Waals surface area (Å²) in [7, 11) is 1.15. The number of esters is 2. The minimum Gasteiger partial charge on any atom is -0.464 e. The molecule has 9 nitrogen and oxygen atoms in total. The first-order valence-electron chi connectivity index (χ1n) is 6.59. The predicted molar refractivity (Wildman–Crippen MR) is 86.4 cm³/mol. The second kappa shape index (κ2) is 8.20. The van der Waals surface area contributed by atoms with Gasteiger partial charge in [-0.1, -0.05) is 5.16 Å². The van der Waals surface area contributed by atoms with Gasteiger partial charge in [-0.2, -0.15) is 0 Å². The maximum Gasteiger partial charge on any atom is 0.376 e. The second-order valence-electron chi connectivity index (χ2n) is 5.25. The molecule has 0 fully saturated rings. The number of carbonyl (C=O) groups is 3. The Bertz CT molecular complexity index is 674. The monoisotopic (exact) mass is 355 g/mol. The fourth-order valence-corrected chi connectivity index (χ4v) is 1.91. The van der Waals surface area contributed by atoms with E-state index in [1.165, 1.54) is 5.38 Å². The van der Waals surface area contributed by atoms with Gasteiger partial charge in [-0.15, -0.1) is 11.3 Å². The van der Waals surface area contributed by atoms with E-state index in [2.05, 4.69) is 26.8 Å². The van der Waals surface area contributed by atoms with Crippen molar-refractivity contribution >= 4 is 40.5 Å². The molecule has 0 aliphatic carbocycles. The van der Waals surface area contributed by atoms with E-state index in [1.54, 1.807) is 20.8 Å². The summed E-state index contributed by atoms with van der Waals surface area (Å²) in [6, 6.07) is 0. The lowest BCUT2D eigenvalue weighted by Gasteiger charge is -2.19. The molecule has 1 amide bonds. The summed E-state index contributed by atoms with van der Waals surface area (Å²) in [6.45, 7) is 8.43. The Morgan fingerprint density at radius 1 is 1.38 bits per heavy atom. The number of amides is 1. The standard InChI is InChI=1S/C14H17N3O6S/c1-8(11(19)22-14(2,3)4)23-17-10(12(20)21-5)9-6-24-13(16-9)15-7-18/h6-7H,1H2,2-5H3,(H,15,16,18). The van der Waals surface area contributed by atoms with Gasteiger partial charge < -0.3 is 19.6 Å². The van der Waals surface area contributed by atoms with Crippen LogP contribution in [-0.2, 0) is 28.7 Å². The summed E-state index contributed by atoms with van der Waals surface area (Å²) in [5.74, 6) is -2.07. The number of oxime groups is 1. The average Bonchev–Trinajstić information content (AvgIpc) is 2.94. The van der Waals surface area contributed by atoms with Crippen LogP contribution >= 0.6 is 11.3 Å². The lowest BCUT2D eigenvalue weighted by Crippen LogP contribution is -2.25. The van der Waals surface area contributed by atoms with Gasteiger partial charge in [0, 0.05) is 5.38 Å². The van der Waals surface area contributed by atoms with Crippen LogP contribution < -0.4 is 5.32 Å². The number of ether oxygens (including phenoxy) is 2. The second-order valence-corrected chi connectivity index (χ2v) is 6.11. The van der Waals surface area contributed by atoms with Gasteiger partial charge in [-0.25, -0.2) is 14.6 Å². The number of carbonyl (C=O) groups excluding carboxylic acids is 3. The highest BCUT2D eigenvalue weighted by molar-refractivity contribution is 7.14. The van der Waals surface area contributed by atoms with Crippen molar-refractivity contribution in [3.63, 3.8) is 0 Å². The zero-order valence-electron chi connectivity index (χ0n) is 13.6. The van der Waals surface area contributed by atoms with Crippen LogP contribution in [0.15, 0.2) is 22.9 Å². The van der Waals surface area contributed by atoms with Crippen LogP contribution in [0.25, 0.3) is 0 Å². The molecule has 10 heteroatoms. The first-order valence-corrected chi connectivity index (χ1v) is 7.47. The number of nitrogens with one attached hydrogen (secondary N) is 1. The topological polar surface area (TPSA) is 116 Å². The van der Waals surface area contributed by atoms with Crippen LogP contribution in [0.4, 0.5) is 5.13 Å². The minimum absolute atomic E-state index is 0.105. The van der Waals surface area contributed by atoms with Gasteiger partial charge in [0.1, 0.15) is 11.3 Å². The summed E-state index contributed by atoms with van der Waals surface area (Å²) < 4.78 is 9.64. The molecule has 0 atom stereocenters. The van der Waals surface area contributed by atoms with Crippen molar-refractivity contribution in [2.75, 3.05) is 12.4 Å². The smallest absolute Gasteiger partial charge is 0.376 e. The third kappa shape index (κ3) is 5.80. The van der Waals surface area contributed by atoms with E-state index in [0.717, 1.165) is 18.4 Å². The molecular weight excluding hydrogens is 338 g/mol. The molecule has 0 bridgehead atoms. The van der Waals surface area contributed by atoms with Crippen LogP contribution in [0.5, 0.6) is 0 Å². The molecule has 0 aliphatic rings. The molecule has 1 heterocycles. The Morgan fingerprint density at radius 3 is 2.58 bits per heavy atom. The summed E-state index contributed by atoms with van der Waals surface area (Å²) in [4.78, 5) is 42.7. The van der Waals surface area contributed by atoms with E-state index < -0.39 is 23.3 Å². The van der Waals surface area contributed by atoms with Crippen molar-refractivity contribution in [2.24, 2.45) is 5.16 Å². The van der Waals surface area contributed by atoms with E-state index >= 15 is 0 Å². The number of hydrogen-bond donors (Lipinski definition) is 1. The molecule has 0 aromatic carbocycles. The molecule has 0 radical (unpaired) electrons. The van der Waals surface area contributed by atoms with Crippen molar-refractivity contribution in [2.45, 2.75) is 26.4 Å². The Hall–Kier alpha value is -2.75. The fraction of sp³-hybridized carbons (Fsp3) is 0.357. The SMILES string of the molecule is C=C(ON=C(C(=O)OC)c1csc(NC=O)n1)C(=O)OC(C)(C)C. The molecular formula is C14H17N3O6S. The average molecular weight is 355 g/mol. The van der Waals surface area contributed by atoms with Crippen molar-refractivity contribution in [3.05, 3.63) is 23.4 Å². The molecule has 24 heavy (non-hydrogen) atoms. The lowest BCUT2D eigenvalue weighted by molar-refractivity contribution is -0.154. The van der Waals surface area contributed by atoms with Crippen LogP contribution in [-0.4, -0.2) is 41.8 Å².